The molecule has 3 aliphatic rings. The molecule has 2 bridgehead atoms. The molecule has 0 atom stereocenters. The van der Waals surface area contributed by atoms with Crippen molar-refractivity contribution in [1.29, 1.82) is 0 Å². The average molecular weight is 528 g/mol. The molecule has 38 heavy (non-hydrogen) atoms. The van der Waals surface area contributed by atoms with E-state index in [1.165, 1.54) is 18.2 Å². The monoisotopic (exact) mass is 527 g/mol. The van der Waals surface area contributed by atoms with Crippen LogP contribution in [-0.4, -0.2) is 44.3 Å². The van der Waals surface area contributed by atoms with Crippen LogP contribution in [0.25, 0.3) is 11.0 Å². The lowest BCUT2D eigenvalue weighted by atomic mass is 9.80. The molecule has 0 radical (unpaired) electrons. The molecule has 200 valence electrons. The van der Waals surface area contributed by atoms with Crippen molar-refractivity contribution in [3.8, 4) is 5.75 Å². The average Bonchev–Trinajstić information content (AvgIpc) is 3.53. The molecular formula is C28H28F3N3O4. The van der Waals surface area contributed by atoms with Crippen LogP contribution in [0.15, 0.2) is 42.6 Å². The molecule has 2 saturated carbocycles. The Hall–Kier alpha value is -3.56. The van der Waals surface area contributed by atoms with E-state index in [1.807, 2.05) is 21.6 Å². The van der Waals surface area contributed by atoms with Crippen molar-refractivity contribution < 1.29 is 32.6 Å². The predicted molar refractivity (Wildman–Crippen MR) is 131 cm³/mol. The first-order chi connectivity index (χ1) is 18.1. The maximum absolute atomic E-state index is 13.5. The lowest BCUT2D eigenvalue weighted by Gasteiger charge is -2.33. The number of pyridine rings is 1. The Balaban J connectivity index is 1.26. The second-order valence-electron chi connectivity index (χ2n) is 11.1. The summed E-state index contributed by atoms with van der Waals surface area (Å²) in [5.41, 5.74) is 2.48. The number of carboxylic acid groups (broad SMARTS) is 1. The SMILES string of the molecule is O=C(CC12CCC(C(=O)O)(CC1)C2)N1CCc2c(n(Cc3cccc(OC(F)(F)F)c3)c3ncccc23)C1. The number of hydrogen-bond acceptors (Lipinski definition) is 4. The number of aliphatic carboxylic acids is 1. The molecule has 3 heterocycles. The first kappa shape index (κ1) is 24.8. The quantitative estimate of drug-likeness (QED) is 0.471. The number of halogens is 3. The van der Waals surface area contributed by atoms with Gasteiger partial charge < -0.3 is 19.3 Å². The van der Waals surface area contributed by atoms with E-state index in [0.717, 1.165) is 35.1 Å². The number of carboxylic acids is 1. The van der Waals surface area contributed by atoms with Gasteiger partial charge in [0, 0.05) is 36.8 Å². The number of carbonyl (C=O) groups excluding carboxylic acids is 1. The molecule has 1 aliphatic heterocycles. The maximum Gasteiger partial charge on any atom is 0.573 e. The van der Waals surface area contributed by atoms with Crippen LogP contribution in [-0.2, 0) is 29.1 Å². The third kappa shape index (κ3) is 4.29. The van der Waals surface area contributed by atoms with Crippen LogP contribution in [0.1, 0.15) is 55.3 Å². The first-order valence-corrected chi connectivity index (χ1v) is 12.9. The molecule has 10 heteroatoms. The van der Waals surface area contributed by atoms with Gasteiger partial charge in [-0.3, -0.25) is 9.59 Å². The van der Waals surface area contributed by atoms with Crippen LogP contribution in [0.5, 0.6) is 5.75 Å². The number of alkyl halides is 3. The predicted octanol–water partition coefficient (Wildman–Crippen LogP) is 5.29. The molecule has 2 aliphatic carbocycles. The van der Waals surface area contributed by atoms with Crippen molar-refractivity contribution >= 4 is 22.9 Å². The van der Waals surface area contributed by atoms with Crippen molar-refractivity contribution in [3.05, 3.63) is 59.4 Å². The number of fused-ring (bicyclic) bond motifs is 5. The zero-order valence-corrected chi connectivity index (χ0v) is 20.8. The van der Waals surface area contributed by atoms with Gasteiger partial charge in [0.15, 0.2) is 0 Å². The van der Waals surface area contributed by atoms with E-state index in [9.17, 15) is 27.9 Å². The second-order valence-corrected chi connectivity index (χ2v) is 11.1. The Bertz CT molecular complexity index is 1420. The third-order valence-corrected chi connectivity index (χ3v) is 8.80. The summed E-state index contributed by atoms with van der Waals surface area (Å²) < 4.78 is 44.4. The highest BCUT2D eigenvalue weighted by molar-refractivity contribution is 5.84. The largest absolute Gasteiger partial charge is 0.573 e. The fourth-order valence-corrected chi connectivity index (χ4v) is 6.96. The van der Waals surface area contributed by atoms with E-state index >= 15 is 0 Å². The molecule has 2 aromatic heterocycles. The Morgan fingerprint density at radius 1 is 1.11 bits per heavy atom. The van der Waals surface area contributed by atoms with Gasteiger partial charge in [0.05, 0.1) is 12.0 Å². The van der Waals surface area contributed by atoms with Gasteiger partial charge in [-0.05, 0) is 79.3 Å². The highest BCUT2D eigenvalue weighted by Crippen LogP contribution is 2.63. The van der Waals surface area contributed by atoms with E-state index in [-0.39, 0.29) is 23.6 Å². The summed E-state index contributed by atoms with van der Waals surface area (Å²) in [6, 6.07) is 9.75. The fraction of sp³-hybridized carbons (Fsp3) is 0.464. The number of nitrogens with zero attached hydrogens (tertiary/aromatic N) is 3. The van der Waals surface area contributed by atoms with Gasteiger partial charge >= 0.3 is 12.3 Å². The molecule has 1 aromatic carbocycles. The van der Waals surface area contributed by atoms with E-state index in [4.69, 9.17) is 0 Å². The summed E-state index contributed by atoms with van der Waals surface area (Å²) in [5, 5.41) is 10.7. The molecule has 0 saturated heterocycles. The molecule has 7 nitrogen and oxygen atoms in total. The molecule has 6 rings (SSSR count). The van der Waals surface area contributed by atoms with Crippen molar-refractivity contribution in [3.63, 3.8) is 0 Å². The van der Waals surface area contributed by atoms with Crippen LogP contribution in [0.4, 0.5) is 13.2 Å². The zero-order valence-electron chi connectivity index (χ0n) is 20.8. The minimum absolute atomic E-state index is 0.0316. The maximum atomic E-state index is 13.5. The summed E-state index contributed by atoms with van der Waals surface area (Å²) in [5.74, 6) is -0.993. The van der Waals surface area contributed by atoms with Gasteiger partial charge in [-0.25, -0.2) is 4.98 Å². The van der Waals surface area contributed by atoms with Crippen molar-refractivity contribution in [1.82, 2.24) is 14.5 Å². The summed E-state index contributed by atoms with van der Waals surface area (Å²) in [6.07, 6.45) is 1.29. The number of rotatable bonds is 6. The minimum Gasteiger partial charge on any atom is -0.481 e. The Morgan fingerprint density at radius 2 is 1.89 bits per heavy atom. The molecule has 1 N–H and O–H groups in total. The standard InChI is InChI=1S/C28H28F3N3O4/c29-28(30,31)38-19-4-1-3-18(13-19)15-34-22-16-33(12-6-20(22)21-5-2-11-32-24(21)34)23(35)14-26-7-9-27(17-26,10-8-26)25(36)37/h1-5,11,13H,6-10,12,14-17H2,(H,36,37). The van der Waals surface area contributed by atoms with Crippen molar-refractivity contribution in [2.45, 2.75) is 64.4 Å². The fourth-order valence-electron chi connectivity index (χ4n) is 6.96. The third-order valence-electron chi connectivity index (χ3n) is 8.80. The number of carbonyl (C=O) groups is 2. The number of ether oxygens (including phenoxy) is 1. The molecule has 0 spiro atoms. The highest BCUT2D eigenvalue weighted by atomic mass is 19.4. The summed E-state index contributed by atoms with van der Waals surface area (Å²) in [7, 11) is 0. The van der Waals surface area contributed by atoms with Crippen LogP contribution in [0.2, 0.25) is 0 Å². The summed E-state index contributed by atoms with van der Waals surface area (Å²) in [4.78, 5) is 31.8. The van der Waals surface area contributed by atoms with Gasteiger partial charge in [0.1, 0.15) is 11.4 Å². The van der Waals surface area contributed by atoms with E-state index in [0.29, 0.717) is 50.8 Å². The van der Waals surface area contributed by atoms with Gasteiger partial charge in [-0.1, -0.05) is 12.1 Å². The zero-order chi connectivity index (χ0) is 26.7. The number of hydrogen-bond donors (Lipinski definition) is 1. The Labute approximate surface area is 217 Å². The van der Waals surface area contributed by atoms with Crippen LogP contribution in [0, 0.1) is 10.8 Å². The van der Waals surface area contributed by atoms with E-state index in [1.54, 1.807) is 12.3 Å². The highest BCUT2D eigenvalue weighted by Gasteiger charge is 2.58. The molecule has 0 unspecified atom stereocenters. The smallest absolute Gasteiger partial charge is 0.481 e. The second kappa shape index (κ2) is 8.74. The van der Waals surface area contributed by atoms with Crippen LogP contribution < -0.4 is 4.74 Å². The Morgan fingerprint density at radius 3 is 2.61 bits per heavy atom. The van der Waals surface area contributed by atoms with Gasteiger partial charge in [0.2, 0.25) is 5.91 Å². The molecular weight excluding hydrogens is 499 g/mol. The van der Waals surface area contributed by atoms with Gasteiger partial charge in [-0.15, -0.1) is 13.2 Å². The van der Waals surface area contributed by atoms with Crippen molar-refractivity contribution in [2.75, 3.05) is 6.54 Å². The summed E-state index contributed by atoms with van der Waals surface area (Å²) >= 11 is 0. The van der Waals surface area contributed by atoms with E-state index in [2.05, 4.69) is 9.72 Å². The van der Waals surface area contributed by atoms with Gasteiger partial charge in [0.25, 0.3) is 0 Å². The van der Waals surface area contributed by atoms with Crippen LogP contribution >= 0.6 is 0 Å². The molecule has 1 amide bonds. The Kier molecular flexibility index (Phi) is 5.70. The molecule has 3 aromatic rings. The topological polar surface area (TPSA) is 84.7 Å². The number of aromatic nitrogens is 2. The van der Waals surface area contributed by atoms with Crippen LogP contribution in [0.3, 0.4) is 0 Å². The van der Waals surface area contributed by atoms with E-state index < -0.39 is 17.7 Å². The minimum atomic E-state index is -4.78. The lowest BCUT2D eigenvalue weighted by molar-refractivity contribution is -0.274. The van der Waals surface area contributed by atoms with Crippen molar-refractivity contribution in [2.24, 2.45) is 10.8 Å². The lowest BCUT2D eigenvalue weighted by Crippen LogP contribution is -2.39. The number of amides is 1. The van der Waals surface area contributed by atoms with Gasteiger partial charge in [-0.2, -0.15) is 0 Å². The summed E-state index contributed by atoms with van der Waals surface area (Å²) in [6.45, 7) is 1.23. The molecule has 2 fully saturated rings. The number of benzene rings is 1. The first-order valence-electron chi connectivity index (χ1n) is 12.9. The normalized spacial score (nSPS) is 24.6.